The molecule has 0 aliphatic carbocycles. The average molecular weight is 475 g/mol. The summed E-state index contributed by atoms with van der Waals surface area (Å²) < 4.78 is 19.9. The van der Waals surface area contributed by atoms with Gasteiger partial charge in [-0.05, 0) is 69.2 Å². The molecule has 1 aromatic heterocycles. The maximum Gasteiger partial charge on any atom is 0.229 e. The van der Waals surface area contributed by atoms with Crippen LogP contribution in [-0.4, -0.2) is 42.7 Å². The number of halogens is 2. The van der Waals surface area contributed by atoms with Crippen LogP contribution in [0.3, 0.4) is 0 Å². The highest BCUT2D eigenvalue weighted by molar-refractivity contribution is 6.33. The Hall–Kier alpha value is -2.22. The van der Waals surface area contributed by atoms with Gasteiger partial charge in [0.05, 0.1) is 16.6 Å². The lowest BCUT2D eigenvalue weighted by Crippen LogP contribution is -2.49. The first kappa shape index (κ1) is 23.9. The smallest absolute Gasteiger partial charge is 0.229 e. The number of carbonyl (C=O) groups is 1. The van der Waals surface area contributed by atoms with Crippen LogP contribution >= 0.6 is 11.6 Å². The van der Waals surface area contributed by atoms with Crippen molar-refractivity contribution >= 4 is 29.0 Å². The third-order valence-electron chi connectivity index (χ3n) is 6.62. The summed E-state index contributed by atoms with van der Waals surface area (Å²) in [4.78, 5) is 17.0. The van der Waals surface area contributed by atoms with Gasteiger partial charge in [-0.2, -0.15) is 0 Å². The van der Waals surface area contributed by atoms with Crippen molar-refractivity contribution in [2.24, 2.45) is 11.8 Å². The van der Waals surface area contributed by atoms with Crippen LogP contribution in [0.5, 0.6) is 0 Å². The maximum atomic E-state index is 14.5. The summed E-state index contributed by atoms with van der Waals surface area (Å²) in [5, 5.41) is 10.0. The number of anilines is 2. The lowest BCUT2D eigenvalue weighted by Gasteiger charge is -2.35. The Bertz CT molecular complexity index is 984. The Morgan fingerprint density at radius 3 is 2.79 bits per heavy atom. The fraction of sp³-hybridized carbons (Fsp3) is 0.520. The minimum Gasteiger partial charge on any atom is -0.382 e. The van der Waals surface area contributed by atoms with Crippen molar-refractivity contribution in [1.29, 1.82) is 0 Å². The molecule has 1 atom stereocenters. The number of aromatic nitrogens is 1. The van der Waals surface area contributed by atoms with E-state index in [0.717, 1.165) is 44.5 Å². The van der Waals surface area contributed by atoms with Crippen LogP contribution in [0.25, 0.3) is 11.1 Å². The number of nitrogens with zero attached hydrogens (tertiary/aromatic N) is 1. The van der Waals surface area contributed by atoms with Crippen LogP contribution in [-0.2, 0) is 9.53 Å². The molecule has 1 unspecified atom stereocenters. The van der Waals surface area contributed by atoms with Crippen LogP contribution < -0.4 is 16.0 Å². The van der Waals surface area contributed by atoms with E-state index < -0.39 is 0 Å². The van der Waals surface area contributed by atoms with Gasteiger partial charge in [-0.1, -0.05) is 17.7 Å². The third kappa shape index (κ3) is 6.22. The first-order valence-corrected chi connectivity index (χ1v) is 12.0. The molecule has 6 nitrogen and oxygen atoms in total. The molecule has 8 heteroatoms. The standard InChI is InChI=1S/C25H32ClFN4O2/c1-25(2)8-5-18(14-30-25)24(32)31-23-12-19(20(26)15-29-23)17-3-4-21(27)22(11-17)28-13-16-6-9-33-10-7-16/h3-4,11-12,15-16,18,28,30H,5-10,13-14H2,1-2H3,(H,29,31,32). The molecule has 0 saturated carbocycles. The maximum absolute atomic E-state index is 14.5. The number of pyridine rings is 1. The van der Waals surface area contributed by atoms with Gasteiger partial charge in [0.15, 0.2) is 0 Å². The molecule has 33 heavy (non-hydrogen) atoms. The molecule has 3 heterocycles. The second-order valence-corrected chi connectivity index (χ2v) is 10.1. The van der Waals surface area contributed by atoms with Gasteiger partial charge in [0.1, 0.15) is 11.6 Å². The van der Waals surface area contributed by atoms with Gasteiger partial charge in [-0.3, -0.25) is 4.79 Å². The van der Waals surface area contributed by atoms with Crippen molar-refractivity contribution in [3.8, 4) is 11.1 Å². The number of piperidine rings is 1. The van der Waals surface area contributed by atoms with Crippen molar-refractivity contribution in [1.82, 2.24) is 10.3 Å². The molecule has 0 radical (unpaired) electrons. The predicted molar refractivity (Wildman–Crippen MR) is 130 cm³/mol. The molecule has 1 aromatic carbocycles. The predicted octanol–water partition coefficient (Wildman–Crippen LogP) is 5.10. The largest absolute Gasteiger partial charge is 0.382 e. The number of nitrogens with one attached hydrogen (secondary N) is 3. The van der Waals surface area contributed by atoms with E-state index in [-0.39, 0.29) is 23.2 Å². The summed E-state index contributed by atoms with van der Waals surface area (Å²) in [5.74, 6) is 0.429. The normalized spacial score (nSPS) is 20.9. The molecule has 4 rings (SSSR count). The Kier molecular flexibility index (Phi) is 7.51. The summed E-state index contributed by atoms with van der Waals surface area (Å²) >= 11 is 6.43. The molecule has 2 aliphatic heterocycles. The Balaban J connectivity index is 1.46. The van der Waals surface area contributed by atoms with Crippen LogP contribution in [0.1, 0.15) is 39.5 Å². The second kappa shape index (κ2) is 10.4. The van der Waals surface area contributed by atoms with Crippen LogP contribution in [0.4, 0.5) is 15.9 Å². The van der Waals surface area contributed by atoms with Gasteiger partial charge < -0.3 is 20.7 Å². The molecule has 0 spiro atoms. The van der Waals surface area contributed by atoms with E-state index in [9.17, 15) is 9.18 Å². The molecule has 3 N–H and O–H groups in total. The lowest BCUT2D eigenvalue weighted by molar-refractivity contribution is -0.120. The molecular weight excluding hydrogens is 443 g/mol. The summed E-state index contributed by atoms with van der Waals surface area (Å²) in [6.45, 7) is 7.13. The van der Waals surface area contributed by atoms with Crippen molar-refractivity contribution in [3.63, 3.8) is 0 Å². The highest BCUT2D eigenvalue weighted by Gasteiger charge is 2.30. The van der Waals surface area contributed by atoms with Gasteiger partial charge in [-0.25, -0.2) is 9.37 Å². The zero-order valence-corrected chi connectivity index (χ0v) is 20.0. The monoisotopic (exact) mass is 474 g/mol. The highest BCUT2D eigenvalue weighted by atomic mass is 35.5. The number of ether oxygens (including phenoxy) is 1. The second-order valence-electron chi connectivity index (χ2n) is 9.67. The first-order chi connectivity index (χ1) is 15.8. The number of carbonyl (C=O) groups excluding carboxylic acids is 1. The van der Waals surface area contributed by atoms with Crippen molar-refractivity contribution in [2.75, 3.05) is 36.9 Å². The van der Waals surface area contributed by atoms with E-state index in [1.165, 1.54) is 12.3 Å². The number of rotatable bonds is 6. The van der Waals surface area contributed by atoms with Crippen LogP contribution in [0, 0.1) is 17.7 Å². The van der Waals surface area contributed by atoms with E-state index >= 15 is 0 Å². The molecule has 1 amide bonds. The lowest BCUT2D eigenvalue weighted by atomic mass is 9.86. The summed E-state index contributed by atoms with van der Waals surface area (Å²) in [5.41, 5.74) is 1.95. The molecule has 2 aromatic rings. The summed E-state index contributed by atoms with van der Waals surface area (Å²) in [6.07, 6.45) is 5.23. The Morgan fingerprint density at radius 2 is 2.06 bits per heavy atom. The molecule has 0 bridgehead atoms. The third-order valence-corrected chi connectivity index (χ3v) is 6.92. The van der Waals surface area contributed by atoms with E-state index in [0.29, 0.717) is 41.1 Å². The fourth-order valence-corrected chi connectivity index (χ4v) is 4.55. The summed E-state index contributed by atoms with van der Waals surface area (Å²) in [7, 11) is 0. The van der Waals surface area contributed by atoms with E-state index in [1.807, 2.05) is 0 Å². The number of amides is 1. The molecule has 2 aliphatic rings. The van der Waals surface area contributed by atoms with E-state index in [2.05, 4.69) is 34.8 Å². The first-order valence-electron chi connectivity index (χ1n) is 11.6. The van der Waals surface area contributed by atoms with Crippen LogP contribution in [0.15, 0.2) is 30.5 Å². The number of hydrogen-bond acceptors (Lipinski definition) is 5. The van der Waals surface area contributed by atoms with E-state index in [1.54, 1.807) is 18.2 Å². The van der Waals surface area contributed by atoms with Gasteiger partial charge in [-0.15, -0.1) is 0 Å². The topological polar surface area (TPSA) is 75.3 Å². The highest BCUT2D eigenvalue weighted by Crippen LogP contribution is 2.32. The van der Waals surface area contributed by atoms with Gasteiger partial charge >= 0.3 is 0 Å². The van der Waals surface area contributed by atoms with Crippen molar-refractivity contribution in [2.45, 2.75) is 45.1 Å². The molecule has 2 fully saturated rings. The zero-order valence-electron chi connectivity index (χ0n) is 19.2. The minimum absolute atomic E-state index is 0.0571. The molecule has 178 valence electrons. The quantitative estimate of drug-likeness (QED) is 0.543. The van der Waals surface area contributed by atoms with Gasteiger partial charge in [0.2, 0.25) is 5.91 Å². The number of hydrogen-bond donors (Lipinski definition) is 3. The Labute approximate surface area is 199 Å². The fourth-order valence-electron chi connectivity index (χ4n) is 4.34. The number of benzene rings is 1. The Morgan fingerprint density at radius 1 is 1.27 bits per heavy atom. The minimum atomic E-state index is -0.308. The van der Waals surface area contributed by atoms with E-state index in [4.69, 9.17) is 16.3 Å². The van der Waals surface area contributed by atoms with Gasteiger partial charge in [0, 0.05) is 43.6 Å². The van der Waals surface area contributed by atoms with Gasteiger partial charge in [0.25, 0.3) is 0 Å². The summed E-state index contributed by atoms with van der Waals surface area (Å²) in [6, 6.07) is 6.63. The van der Waals surface area contributed by atoms with Crippen molar-refractivity contribution in [3.05, 3.63) is 41.3 Å². The average Bonchev–Trinajstić information content (AvgIpc) is 2.80. The van der Waals surface area contributed by atoms with Crippen molar-refractivity contribution < 1.29 is 13.9 Å². The molecule has 2 saturated heterocycles. The van der Waals surface area contributed by atoms with Crippen LogP contribution in [0.2, 0.25) is 5.02 Å². The SMILES string of the molecule is CC1(C)CCC(C(=O)Nc2cc(-c3ccc(F)c(NCC4CCOCC4)c3)c(Cl)cn2)CN1. The molecular formula is C25H32ClFN4O2. The zero-order chi connectivity index (χ0) is 23.4.